The van der Waals surface area contributed by atoms with Gasteiger partial charge in [0.05, 0.1) is 12.6 Å². The number of hydrogen-bond donors (Lipinski definition) is 2. The van der Waals surface area contributed by atoms with Crippen molar-refractivity contribution in [1.82, 2.24) is 4.98 Å². The molecule has 3 N–H and O–H groups in total. The van der Waals surface area contributed by atoms with E-state index in [0.29, 0.717) is 12.0 Å². The number of ether oxygens (including phenoxy) is 1. The largest absolute Gasteiger partial charge is 0.495 e. The Bertz CT molecular complexity index is 532. The van der Waals surface area contributed by atoms with Gasteiger partial charge < -0.3 is 15.5 Å². The minimum Gasteiger partial charge on any atom is -0.495 e. The lowest BCUT2D eigenvalue weighted by Crippen LogP contribution is -2.22. The van der Waals surface area contributed by atoms with E-state index < -0.39 is 0 Å². The van der Waals surface area contributed by atoms with E-state index in [1.165, 1.54) is 23.8 Å². The Labute approximate surface area is 101 Å². The van der Waals surface area contributed by atoms with Gasteiger partial charge in [0, 0.05) is 23.5 Å². The lowest BCUT2D eigenvalue weighted by Gasteiger charge is -2.14. The average molecular weight is 230 g/mol. The van der Waals surface area contributed by atoms with Gasteiger partial charge in [-0.3, -0.25) is 0 Å². The van der Waals surface area contributed by atoms with Gasteiger partial charge in [0.15, 0.2) is 0 Å². The van der Waals surface area contributed by atoms with Crippen molar-refractivity contribution in [2.45, 2.75) is 31.2 Å². The first-order valence-electron chi connectivity index (χ1n) is 6.21. The van der Waals surface area contributed by atoms with Crippen LogP contribution in [-0.4, -0.2) is 18.1 Å². The first-order chi connectivity index (χ1) is 8.31. The number of fused-ring (bicyclic) bond motifs is 1. The topological polar surface area (TPSA) is 51.0 Å². The molecule has 2 atom stereocenters. The number of methoxy groups -OCH3 is 1. The Kier molecular flexibility index (Phi) is 2.56. The highest BCUT2D eigenvalue weighted by molar-refractivity contribution is 5.88. The fourth-order valence-corrected chi connectivity index (χ4v) is 3.00. The molecule has 3 nitrogen and oxygen atoms in total. The molecule has 0 spiro atoms. The second-order valence-electron chi connectivity index (χ2n) is 4.83. The summed E-state index contributed by atoms with van der Waals surface area (Å²) in [5.74, 6) is 1.40. The third kappa shape index (κ3) is 1.62. The van der Waals surface area contributed by atoms with Crippen LogP contribution in [0.25, 0.3) is 10.9 Å². The molecule has 1 fully saturated rings. The number of aromatic amines is 1. The number of nitrogens with one attached hydrogen (secondary N) is 1. The van der Waals surface area contributed by atoms with Crippen LogP contribution in [-0.2, 0) is 0 Å². The zero-order valence-electron chi connectivity index (χ0n) is 10.1. The average Bonchev–Trinajstić information content (AvgIpc) is 2.94. The molecule has 1 heterocycles. The van der Waals surface area contributed by atoms with Crippen molar-refractivity contribution in [2.75, 3.05) is 7.11 Å². The minimum atomic E-state index is 0.306. The van der Waals surface area contributed by atoms with Crippen LogP contribution >= 0.6 is 0 Å². The normalized spacial score (nSPS) is 24.4. The third-order valence-corrected chi connectivity index (χ3v) is 3.90. The fourth-order valence-electron chi connectivity index (χ4n) is 3.00. The molecule has 1 aromatic heterocycles. The van der Waals surface area contributed by atoms with Gasteiger partial charge in [-0.1, -0.05) is 18.6 Å². The Morgan fingerprint density at radius 3 is 2.94 bits per heavy atom. The van der Waals surface area contributed by atoms with Gasteiger partial charge in [-0.05, 0) is 24.5 Å². The van der Waals surface area contributed by atoms with E-state index in [2.05, 4.69) is 17.2 Å². The van der Waals surface area contributed by atoms with Gasteiger partial charge in [-0.15, -0.1) is 0 Å². The van der Waals surface area contributed by atoms with E-state index in [1.54, 1.807) is 7.11 Å². The quantitative estimate of drug-likeness (QED) is 0.833. The monoisotopic (exact) mass is 230 g/mol. The lowest BCUT2D eigenvalue weighted by molar-refractivity contribution is 0.419. The van der Waals surface area contributed by atoms with E-state index in [-0.39, 0.29) is 0 Å². The first-order valence-corrected chi connectivity index (χ1v) is 6.21. The van der Waals surface area contributed by atoms with E-state index in [0.717, 1.165) is 17.7 Å². The summed E-state index contributed by atoms with van der Waals surface area (Å²) in [6.45, 7) is 0. The number of para-hydroxylation sites is 1. The van der Waals surface area contributed by atoms with Gasteiger partial charge in [0.2, 0.25) is 0 Å². The molecule has 0 saturated heterocycles. The number of hydrogen-bond acceptors (Lipinski definition) is 2. The lowest BCUT2D eigenvalue weighted by atomic mass is 9.94. The van der Waals surface area contributed by atoms with Crippen molar-refractivity contribution in [3.8, 4) is 5.75 Å². The predicted molar refractivity (Wildman–Crippen MR) is 69.4 cm³/mol. The van der Waals surface area contributed by atoms with Gasteiger partial charge in [-0.25, -0.2) is 0 Å². The summed E-state index contributed by atoms with van der Waals surface area (Å²) in [6.07, 6.45) is 5.68. The zero-order valence-corrected chi connectivity index (χ0v) is 10.1. The van der Waals surface area contributed by atoms with Crippen LogP contribution in [0.2, 0.25) is 0 Å². The number of aromatic nitrogens is 1. The standard InChI is InChI=1S/C14H18N2O/c1-17-13-7-3-5-10-11(8-16-14(10)13)9-4-2-6-12(9)15/h3,5,7-9,12,16H,2,4,6,15H2,1H3. The van der Waals surface area contributed by atoms with Crippen LogP contribution in [0.1, 0.15) is 30.7 Å². The Balaban J connectivity index is 2.12. The fraction of sp³-hybridized carbons (Fsp3) is 0.429. The molecule has 0 radical (unpaired) electrons. The molecule has 1 aliphatic carbocycles. The molecule has 3 rings (SSSR count). The van der Waals surface area contributed by atoms with Crippen molar-refractivity contribution in [1.29, 1.82) is 0 Å². The van der Waals surface area contributed by atoms with Crippen LogP contribution < -0.4 is 10.5 Å². The molecule has 0 bridgehead atoms. The molecule has 90 valence electrons. The van der Waals surface area contributed by atoms with Crippen molar-refractivity contribution < 1.29 is 4.74 Å². The van der Waals surface area contributed by atoms with Crippen LogP contribution in [0, 0.1) is 0 Å². The van der Waals surface area contributed by atoms with Gasteiger partial charge in [0.1, 0.15) is 5.75 Å². The Hall–Kier alpha value is -1.48. The van der Waals surface area contributed by atoms with Gasteiger partial charge in [-0.2, -0.15) is 0 Å². The van der Waals surface area contributed by atoms with Gasteiger partial charge in [0.25, 0.3) is 0 Å². The van der Waals surface area contributed by atoms with Crippen molar-refractivity contribution in [3.05, 3.63) is 30.0 Å². The Morgan fingerprint density at radius 1 is 1.35 bits per heavy atom. The van der Waals surface area contributed by atoms with E-state index in [1.807, 2.05) is 12.1 Å². The smallest absolute Gasteiger partial charge is 0.142 e. The molecule has 17 heavy (non-hydrogen) atoms. The highest BCUT2D eigenvalue weighted by atomic mass is 16.5. The van der Waals surface area contributed by atoms with E-state index >= 15 is 0 Å². The molecular formula is C14H18N2O. The van der Waals surface area contributed by atoms with Crippen LogP contribution in [0.4, 0.5) is 0 Å². The molecule has 2 aromatic rings. The molecule has 1 aliphatic rings. The summed E-state index contributed by atoms with van der Waals surface area (Å²) in [7, 11) is 1.70. The number of benzene rings is 1. The summed E-state index contributed by atoms with van der Waals surface area (Å²) < 4.78 is 5.37. The van der Waals surface area contributed by atoms with E-state index in [4.69, 9.17) is 10.5 Å². The maximum absolute atomic E-state index is 6.19. The molecule has 0 aliphatic heterocycles. The summed E-state index contributed by atoms with van der Waals surface area (Å²) in [4.78, 5) is 3.32. The highest BCUT2D eigenvalue weighted by Crippen LogP contribution is 2.38. The summed E-state index contributed by atoms with van der Waals surface area (Å²) in [5, 5.41) is 1.26. The first kappa shape index (κ1) is 10.7. The SMILES string of the molecule is COc1cccc2c(C3CCCC3N)c[nH]c12. The second-order valence-corrected chi connectivity index (χ2v) is 4.83. The third-order valence-electron chi connectivity index (χ3n) is 3.90. The van der Waals surface area contributed by atoms with Crippen molar-refractivity contribution in [2.24, 2.45) is 5.73 Å². The second kappa shape index (κ2) is 4.08. The van der Waals surface area contributed by atoms with Gasteiger partial charge >= 0.3 is 0 Å². The summed E-state index contributed by atoms with van der Waals surface area (Å²) in [6, 6.07) is 6.48. The van der Waals surface area contributed by atoms with Crippen LogP contribution in [0.15, 0.2) is 24.4 Å². The maximum atomic E-state index is 6.19. The molecular weight excluding hydrogens is 212 g/mol. The summed E-state index contributed by atoms with van der Waals surface area (Å²) in [5.41, 5.74) is 8.62. The minimum absolute atomic E-state index is 0.306. The maximum Gasteiger partial charge on any atom is 0.142 e. The summed E-state index contributed by atoms with van der Waals surface area (Å²) >= 11 is 0. The van der Waals surface area contributed by atoms with Crippen LogP contribution in [0.3, 0.4) is 0 Å². The molecule has 3 heteroatoms. The van der Waals surface area contributed by atoms with Crippen molar-refractivity contribution >= 4 is 10.9 Å². The highest BCUT2D eigenvalue weighted by Gasteiger charge is 2.27. The number of nitrogens with two attached hydrogens (primary N) is 1. The molecule has 2 unspecified atom stereocenters. The number of rotatable bonds is 2. The predicted octanol–water partition coefficient (Wildman–Crippen LogP) is 2.77. The van der Waals surface area contributed by atoms with E-state index in [9.17, 15) is 0 Å². The van der Waals surface area contributed by atoms with Crippen molar-refractivity contribution in [3.63, 3.8) is 0 Å². The Morgan fingerprint density at radius 2 is 2.24 bits per heavy atom. The molecule has 0 amide bonds. The zero-order chi connectivity index (χ0) is 11.8. The molecule has 1 saturated carbocycles. The number of H-pyrrole nitrogens is 1. The van der Waals surface area contributed by atoms with Crippen LogP contribution in [0.5, 0.6) is 5.75 Å². The molecule has 1 aromatic carbocycles.